The topological polar surface area (TPSA) is 51.7 Å². The van der Waals surface area contributed by atoms with Crippen LogP contribution in [-0.4, -0.2) is 40.8 Å². The molecule has 132 valence electrons. The molecular weight excluding hydrogens is 351 g/mol. The van der Waals surface area contributed by atoms with Gasteiger partial charge >= 0.3 is 6.09 Å². The molecule has 1 saturated heterocycles. The standard InChI is InChI=1S/C17H22Cl2N2O3/c1-17(2,3)24-16(22)21-8-11-4-10(11)5-12(21)9-23-13-6-14(18)20-15(19)7-13/h6-7,10-12H,4-5,8-9H2,1-3H3/t10-,11+,12-/m0/s1. The van der Waals surface area contributed by atoms with Crippen LogP contribution in [0.1, 0.15) is 33.6 Å². The van der Waals surface area contributed by atoms with Gasteiger partial charge in [-0.05, 0) is 45.4 Å². The van der Waals surface area contributed by atoms with Crippen LogP contribution in [0.5, 0.6) is 5.75 Å². The van der Waals surface area contributed by atoms with E-state index in [1.165, 1.54) is 6.42 Å². The van der Waals surface area contributed by atoms with Crippen molar-refractivity contribution < 1.29 is 14.3 Å². The number of carbonyl (C=O) groups is 1. The highest BCUT2D eigenvalue weighted by Gasteiger charge is 2.48. The van der Waals surface area contributed by atoms with Gasteiger partial charge in [-0.25, -0.2) is 9.78 Å². The highest BCUT2D eigenvalue weighted by atomic mass is 35.5. The van der Waals surface area contributed by atoms with Gasteiger partial charge in [0.25, 0.3) is 0 Å². The Morgan fingerprint density at radius 3 is 2.54 bits per heavy atom. The molecule has 1 aromatic rings. The normalized spacial score (nSPS) is 25.9. The smallest absolute Gasteiger partial charge is 0.410 e. The summed E-state index contributed by atoms with van der Waals surface area (Å²) < 4.78 is 11.4. The van der Waals surface area contributed by atoms with Crippen molar-refractivity contribution in [2.24, 2.45) is 11.8 Å². The quantitative estimate of drug-likeness (QED) is 0.737. The molecule has 1 saturated carbocycles. The van der Waals surface area contributed by atoms with Gasteiger partial charge in [0.05, 0.1) is 6.04 Å². The third-order valence-corrected chi connectivity index (χ3v) is 4.71. The fourth-order valence-corrected chi connectivity index (χ4v) is 3.56. The zero-order chi connectivity index (χ0) is 17.5. The lowest BCUT2D eigenvalue weighted by molar-refractivity contribution is 0.00227. The second kappa shape index (κ2) is 6.60. The number of hydrogen-bond donors (Lipinski definition) is 0. The first-order valence-electron chi connectivity index (χ1n) is 8.17. The minimum atomic E-state index is -0.505. The summed E-state index contributed by atoms with van der Waals surface area (Å²) in [6.45, 7) is 6.76. The van der Waals surface area contributed by atoms with E-state index in [0.29, 0.717) is 24.2 Å². The monoisotopic (exact) mass is 372 g/mol. The molecule has 1 aliphatic heterocycles. The number of fused-ring (bicyclic) bond motifs is 1. The number of ether oxygens (including phenoxy) is 2. The van der Waals surface area contributed by atoms with Gasteiger partial charge in [-0.2, -0.15) is 0 Å². The Morgan fingerprint density at radius 1 is 1.25 bits per heavy atom. The Balaban J connectivity index is 1.66. The fourth-order valence-electron chi connectivity index (χ4n) is 3.12. The van der Waals surface area contributed by atoms with Gasteiger partial charge in [-0.15, -0.1) is 0 Å². The third kappa shape index (κ3) is 4.45. The van der Waals surface area contributed by atoms with Crippen LogP contribution in [0.25, 0.3) is 0 Å². The van der Waals surface area contributed by atoms with Crippen LogP contribution in [0, 0.1) is 11.8 Å². The number of nitrogens with zero attached hydrogens (tertiary/aromatic N) is 2. The molecular formula is C17H22Cl2N2O3. The van der Waals surface area contributed by atoms with E-state index in [-0.39, 0.29) is 22.4 Å². The average molecular weight is 373 g/mol. The number of rotatable bonds is 3. The molecule has 2 fully saturated rings. The average Bonchev–Trinajstić information content (AvgIpc) is 3.19. The lowest BCUT2D eigenvalue weighted by atomic mass is 10.0. The van der Waals surface area contributed by atoms with E-state index in [4.69, 9.17) is 32.7 Å². The molecule has 5 nitrogen and oxygen atoms in total. The lowest BCUT2D eigenvalue weighted by Crippen LogP contribution is -2.49. The van der Waals surface area contributed by atoms with Gasteiger partial charge in [-0.3, -0.25) is 0 Å². The second-order valence-electron chi connectivity index (χ2n) is 7.54. The second-order valence-corrected chi connectivity index (χ2v) is 8.31. The van der Waals surface area contributed by atoms with E-state index in [9.17, 15) is 4.79 Å². The molecule has 0 radical (unpaired) electrons. The molecule has 3 rings (SSSR count). The minimum absolute atomic E-state index is 0.00526. The number of piperidine rings is 1. The predicted molar refractivity (Wildman–Crippen MR) is 92.7 cm³/mol. The summed E-state index contributed by atoms with van der Waals surface area (Å²) in [7, 11) is 0. The summed E-state index contributed by atoms with van der Waals surface area (Å²) in [6.07, 6.45) is 1.85. The number of halogens is 2. The van der Waals surface area contributed by atoms with Gasteiger partial charge in [0.15, 0.2) is 0 Å². The molecule has 1 aromatic heterocycles. The first-order valence-corrected chi connectivity index (χ1v) is 8.92. The van der Waals surface area contributed by atoms with E-state index in [1.807, 2.05) is 25.7 Å². The van der Waals surface area contributed by atoms with Crippen LogP contribution in [0.15, 0.2) is 12.1 Å². The maximum Gasteiger partial charge on any atom is 0.410 e. The minimum Gasteiger partial charge on any atom is -0.491 e. The first-order chi connectivity index (χ1) is 11.2. The summed E-state index contributed by atoms with van der Waals surface area (Å²) in [5, 5.41) is 0.569. The molecule has 0 aromatic carbocycles. The number of pyridine rings is 1. The van der Waals surface area contributed by atoms with Gasteiger partial charge < -0.3 is 14.4 Å². The largest absolute Gasteiger partial charge is 0.491 e. The van der Waals surface area contributed by atoms with Gasteiger partial charge in [0.1, 0.15) is 28.3 Å². The SMILES string of the molecule is CC(C)(C)OC(=O)N1C[C@H]2C[C@H]2C[C@H]1COc1cc(Cl)nc(Cl)c1. The number of aromatic nitrogens is 1. The summed E-state index contributed by atoms with van der Waals surface area (Å²) in [5.74, 6) is 1.86. The van der Waals surface area contributed by atoms with Crippen molar-refractivity contribution in [1.82, 2.24) is 9.88 Å². The van der Waals surface area contributed by atoms with Crippen molar-refractivity contribution in [3.05, 3.63) is 22.4 Å². The van der Waals surface area contributed by atoms with Crippen molar-refractivity contribution in [3.8, 4) is 5.75 Å². The first kappa shape index (κ1) is 17.6. The third-order valence-electron chi connectivity index (χ3n) is 4.32. The van der Waals surface area contributed by atoms with E-state index in [2.05, 4.69) is 4.98 Å². The van der Waals surface area contributed by atoms with E-state index >= 15 is 0 Å². The Kier molecular flexibility index (Phi) is 4.85. The Morgan fingerprint density at radius 2 is 1.92 bits per heavy atom. The number of amides is 1. The molecule has 0 spiro atoms. The van der Waals surface area contributed by atoms with Gasteiger partial charge in [0.2, 0.25) is 0 Å². The van der Waals surface area contributed by atoms with Crippen LogP contribution in [-0.2, 0) is 4.74 Å². The zero-order valence-corrected chi connectivity index (χ0v) is 15.6. The number of likely N-dealkylation sites (tertiary alicyclic amines) is 1. The maximum atomic E-state index is 12.5. The Hall–Kier alpha value is -1.20. The van der Waals surface area contributed by atoms with E-state index in [0.717, 1.165) is 13.0 Å². The molecule has 1 aliphatic carbocycles. The van der Waals surface area contributed by atoms with Crippen LogP contribution in [0.2, 0.25) is 10.3 Å². The summed E-state index contributed by atoms with van der Waals surface area (Å²) in [5.41, 5.74) is -0.505. The van der Waals surface area contributed by atoms with Crippen LogP contribution < -0.4 is 4.74 Å². The van der Waals surface area contributed by atoms with Crippen LogP contribution in [0.4, 0.5) is 4.79 Å². The molecule has 7 heteroatoms. The van der Waals surface area contributed by atoms with E-state index in [1.54, 1.807) is 12.1 Å². The Bertz CT molecular complexity index is 613. The molecule has 0 bridgehead atoms. The van der Waals surface area contributed by atoms with Gasteiger partial charge in [0, 0.05) is 18.7 Å². The highest BCUT2D eigenvalue weighted by Crippen LogP contribution is 2.47. The fraction of sp³-hybridized carbons (Fsp3) is 0.647. The maximum absolute atomic E-state index is 12.5. The predicted octanol–water partition coefficient (Wildman–Crippen LogP) is 4.41. The summed E-state index contributed by atoms with van der Waals surface area (Å²) >= 11 is 11.8. The molecule has 2 heterocycles. The van der Waals surface area contributed by atoms with Crippen molar-refractivity contribution in [2.45, 2.75) is 45.3 Å². The molecule has 1 amide bonds. The van der Waals surface area contributed by atoms with Crippen molar-refractivity contribution in [1.29, 1.82) is 0 Å². The molecule has 2 aliphatic rings. The number of carbonyl (C=O) groups excluding carboxylic acids is 1. The van der Waals surface area contributed by atoms with Gasteiger partial charge in [-0.1, -0.05) is 23.2 Å². The number of hydrogen-bond acceptors (Lipinski definition) is 4. The lowest BCUT2D eigenvalue weighted by Gasteiger charge is -2.36. The molecule has 0 N–H and O–H groups in total. The highest BCUT2D eigenvalue weighted by molar-refractivity contribution is 6.32. The van der Waals surface area contributed by atoms with Crippen molar-refractivity contribution in [3.63, 3.8) is 0 Å². The van der Waals surface area contributed by atoms with Crippen molar-refractivity contribution >= 4 is 29.3 Å². The molecule has 0 unspecified atom stereocenters. The van der Waals surface area contributed by atoms with Crippen LogP contribution in [0.3, 0.4) is 0 Å². The molecule has 3 atom stereocenters. The molecule has 24 heavy (non-hydrogen) atoms. The zero-order valence-electron chi connectivity index (χ0n) is 14.1. The summed E-state index contributed by atoms with van der Waals surface area (Å²) in [6, 6.07) is 3.23. The van der Waals surface area contributed by atoms with E-state index < -0.39 is 5.60 Å². The Labute approximate surface area is 152 Å². The summed E-state index contributed by atoms with van der Waals surface area (Å²) in [4.78, 5) is 18.2. The van der Waals surface area contributed by atoms with Crippen LogP contribution >= 0.6 is 23.2 Å². The van der Waals surface area contributed by atoms with Crippen molar-refractivity contribution in [2.75, 3.05) is 13.2 Å².